The predicted octanol–water partition coefficient (Wildman–Crippen LogP) is 2.90. The van der Waals surface area contributed by atoms with Gasteiger partial charge in [0, 0.05) is 13.2 Å². The lowest BCUT2D eigenvalue weighted by Gasteiger charge is -2.21. The average Bonchev–Trinajstić information content (AvgIpc) is 2.68. The lowest BCUT2D eigenvalue weighted by Crippen LogP contribution is -2.22. The molecule has 6 heteroatoms. The summed E-state index contributed by atoms with van der Waals surface area (Å²) in [5.41, 5.74) is 0.284. The smallest absolute Gasteiger partial charge is 0.354 e. The molecule has 2 heterocycles. The number of nitrogens with one attached hydrogen (secondary N) is 1. The van der Waals surface area contributed by atoms with Crippen molar-refractivity contribution in [2.45, 2.75) is 12.8 Å². The maximum atomic E-state index is 11.7. The van der Waals surface area contributed by atoms with Crippen LogP contribution in [0.2, 0.25) is 10.2 Å². The van der Waals surface area contributed by atoms with Gasteiger partial charge in [0.15, 0.2) is 0 Å². The molecule has 0 amide bonds. The van der Waals surface area contributed by atoms with Gasteiger partial charge in [-0.2, -0.15) is 0 Å². The molecule has 0 atom stereocenters. The third-order valence-electron chi connectivity index (χ3n) is 2.74. The van der Waals surface area contributed by atoms with Crippen LogP contribution in [-0.4, -0.2) is 30.8 Å². The molecule has 1 aliphatic rings. The van der Waals surface area contributed by atoms with Crippen LogP contribution in [0.3, 0.4) is 0 Å². The van der Waals surface area contributed by atoms with Gasteiger partial charge in [0.2, 0.25) is 0 Å². The molecule has 4 nitrogen and oxygen atoms in total. The standard InChI is InChI=1S/C11H13Cl2NO3/c12-8-5-9(14-10(8)13)11(15)17-6-7-1-3-16-4-2-7/h5,7,14H,1-4,6H2. The summed E-state index contributed by atoms with van der Waals surface area (Å²) in [7, 11) is 0. The van der Waals surface area contributed by atoms with Crippen molar-refractivity contribution in [3.8, 4) is 0 Å². The fourth-order valence-electron chi connectivity index (χ4n) is 1.70. The second-order valence-electron chi connectivity index (χ2n) is 4.00. The van der Waals surface area contributed by atoms with Crippen molar-refractivity contribution in [1.29, 1.82) is 0 Å². The highest BCUT2D eigenvalue weighted by molar-refractivity contribution is 6.41. The summed E-state index contributed by atoms with van der Waals surface area (Å²) in [6.45, 7) is 1.89. The molecule has 0 aromatic carbocycles. The molecule has 0 bridgehead atoms. The summed E-state index contributed by atoms with van der Waals surface area (Å²) in [6, 6.07) is 1.47. The number of esters is 1. The van der Waals surface area contributed by atoms with Crippen LogP contribution < -0.4 is 0 Å². The highest BCUT2D eigenvalue weighted by Crippen LogP contribution is 2.22. The summed E-state index contributed by atoms with van der Waals surface area (Å²) >= 11 is 11.4. The van der Waals surface area contributed by atoms with E-state index in [4.69, 9.17) is 32.7 Å². The number of rotatable bonds is 3. The molecule has 0 unspecified atom stereocenters. The molecule has 0 radical (unpaired) electrons. The number of aromatic amines is 1. The topological polar surface area (TPSA) is 51.3 Å². The summed E-state index contributed by atoms with van der Waals surface area (Å²) in [4.78, 5) is 14.3. The zero-order valence-corrected chi connectivity index (χ0v) is 10.7. The molecule has 1 fully saturated rings. The number of carbonyl (C=O) groups excluding carboxylic acids is 1. The van der Waals surface area contributed by atoms with Gasteiger partial charge in [-0.1, -0.05) is 23.2 Å². The second-order valence-corrected chi connectivity index (χ2v) is 4.78. The van der Waals surface area contributed by atoms with Crippen LogP contribution in [0.15, 0.2) is 6.07 Å². The van der Waals surface area contributed by atoms with Crippen LogP contribution in [0.25, 0.3) is 0 Å². The summed E-state index contributed by atoms with van der Waals surface area (Å²) < 4.78 is 10.4. The van der Waals surface area contributed by atoms with E-state index in [1.54, 1.807) is 0 Å². The number of hydrogen-bond acceptors (Lipinski definition) is 3. The Hall–Kier alpha value is -0.710. The van der Waals surface area contributed by atoms with E-state index in [2.05, 4.69) is 4.98 Å². The van der Waals surface area contributed by atoms with Gasteiger partial charge in [-0.3, -0.25) is 0 Å². The minimum atomic E-state index is -0.426. The number of ether oxygens (including phenoxy) is 2. The molecule has 0 saturated carbocycles. The van der Waals surface area contributed by atoms with Crippen LogP contribution in [0, 0.1) is 5.92 Å². The van der Waals surface area contributed by atoms with Crippen molar-refractivity contribution < 1.29 is 14.3 Å². The van der Waals surface area contributed by atoms with Crippen molar-refractivity contribution in [2.24, 2.45) is 5.92 Å². The van der Waals surface area contributed by atoms with Gasteiger partial charge in [0.25, 0.3) is 0 Å². The first-order valence-electron chi connectivity index (χ1n) is 5.45. The monoisotopic (exact) mass is 277 g/mol. The maximum Gasteiger partial charge on any atom is 0.354 e. The van der Waals surface area contributed by atoms with Crippen LogP contribution >= 0.6 is 23.2 Å². The van der Waals surface area contributed by atoms with Gasteiger partial charge in [0.05, 0.1) is 11.6 Å². The first kappa shape index (κ1) is 12.7. The van der Waals surface area contributed by atoms with Gasteiger partial charge < -0.3 is 14.5 Å². The minimum Gasteiger partial charge on any atom is -0.461 e. The average molecular weight is 278 g/mol. The molecular weight excluding hydrogens is 265 g/mol. The lowest BCUT2D eigenvalue weighted by atomic mass is 10.0. The van der Waals surface area contributed by atoms with Gasteiger partial charge >= 0.3 is 5.97 Å². The van der Waals surface area contributed by atoms with Crippen LogP contribution in [0.4, 0.5) is 0 Å². The van der Waals surface area contributed by atoms with E-state index >= 15 is 0 Å². The first-order chi connectivity index (χ1) is 8.16. The van der Waals surface area contributed by atoms with Crippen molar-refractivity contribution in [3.05, 3.63) is 21.9 Å². The van der Waals surface area contributed by atoms with E-state index in [1.165, 1.54) is 6.07 Å². The molecule has 0 spiro atoms. The molecule has 94 valence electrons. The maximum absolute atomic E-state index is 11.7. The molecule has 1 aromatic rings. The number of halogens is 2. The molecule has 1 N–H and O–H groups in total. The Morgan fingerprint density at radius 1 is 1.47 bits per heavy atom. The van der Waals surface area contributed by atoms with E-state index in [1.807, 2.05) is 0 Å². The molecule has 17 heavy (non-hydrogen) atoms. The summed E-state index contributed by atoms with van der Waals surface area (Å²) in [6.07, 6.45) is 1.86. The predicted molar refractivity (Wildman–Crippen MR) is 64.6 cm³/mol. The third kappa shape index (κ3) is 3.37. The SMILES string of the molecule is O=C(OCC1CCOCC1)c1cc(Cl)c(Cl)[nH]1. The molecule has 2 rings (SSSR count). The normalized spacial score (nSPS) is 17.1. The van der Waals surface area contributed by atoms with Crippen molar-refractivity contribution in [2.75, 3.05) is 19.8 Å². The van der Waals surface area contributed by atoms with Crippen molar-refractivity contribution in [1.82, 2.24) is 4.98 Å². The molecule has 0 aliphatic carbocycles. The van der Waals surface area contributed by atoms with Crippen LogP contribution in [-0.2, 0) is 9.47 Å². The quantitative estimate of drug-likeness (QED) is 0.865. The number of hydrogen-bond donors (Lipinski definition) is 1. The Morgan fingerprint density at radius 2 is 2.18 bits per heavy atom. The summed E-state index contributed by atoms with van der Waals surface area (Å²) in [5.74, 6) is -0.0427. The Bertz CT molecular complexity index is 380. The van der Waals surface area contributed by atoms with Gasteiger partial charge in [0.1, 0.15) is 10.8 Å². The number of carbonyl (C=O) groups is 1. The van der Waals surface area contributed by atoms with E-state index in [0.717, 1.165) is 26.1 Å². The van der Waals surface area contributed by atoms with Gasteiger partial charge in [-0.05, 0) is 24.8 Å². The van der Waals surface area contributed by atoms with Gasteiger partial charge in [-0.15, -0.1) is 0 Å². The fourth-order valence-corrected chi connectivity index (χ4v) is 2.01. The Labute approximate surface area is 109 Å². The minimum absolute atomic E-state index is 0.254. The van der Waals surface area contributed by atoms with Crippen molar-refractivity contribution in [3.63, 3.8) is 0 Å². The molecule has 1 aliphatic heterocycles. The first-order valence-corrected chi connectivity index (χ1v) is 6.21. The molecule has 1 aromatic heterocycles. The molecular formula is C11H13Cl2NO3. The Balaban J connectivity index is 1.84. The Kier molecular flexibility index (Phi) is 4.31. The third-order valence-corrected chi connectivity index (χ3v) is 3.43. The van der Waals surface area contributed by atoms with E-state index in [0.29, 0.717) is 17.5 Å². The fraction of sp³-hybridized carbons (Fsp3) is 0.545. The zero-order chi connectivity index (χ0) is 12.3. The highest BCUT2D eigenvalue weighted by Gasteiger charge is 2.18. The lowest BCUT2D eigenvalue weighted by molar-refractivity contribution is 0.0182. The largest absolute Gasteiger partial charge is 0.461 e. The molecule has 1 saturated heterocycles. The van der Waals surface area contributed by atoms with E-state index in [9.17, 15) is 4.79 Å². The van der Waals surface area contributed by atoms with E-state index < -0.39 is 5.97 Å². The Morgan fingerprint density at radius 3 is 2.76 bits per heavy atom. The number of H-pyrrole nitrogens is 1. The summed E-state index contributed by atoms with van der Waals surface area (Å²) in [5, 5.41) is 0.578. The number of aromatic nitrogens is 1. The van der Waals surface area contributed by atoms with Crippen LogP contribution in [0.5, 0.6) is 0 Å². The second kappa shape index (κ2) is 5.76. The van der Waals surface area contributed by atoms with Crippen molar-refractivity contribution >= 4 is 29.2 Å². The highest BCUT2D eigenvalue weighted by atomic mass is 35.5. The zero-order valence-electron chi connectivity index (χ0n) is 9.17. The van der Waals surface area contributed by atoms with Crippen LogP contribution in [0.1, 0.15) is 23.3 Å². The van der Waals surface area contributed by atoms with E-state index in [-0.39, 0.29) is 10.8 Å². The van der Waals surface area contributed by atoms with Gasteiger partial charge in [-0.25, -0.2) is 4.79 Å².